The van der Waals surface area contributed by atoms with Crippen LogP contribution < -0.4 is 0 Å². The molecular formula is C73H128O6. The molecule has 0 aliphatic rings. The maximum atomic E-state index is 12.9. The van der Waals surface area contributed by atoms with E-state index < -0.39 is 6.10 Å². The Labute approximate surface area is 490 Å². The van der Waals surface area contributed by atoms with Crippen molar-refractivity contribution in [3.63, 3.8) is 0 Å². The lowest BCUT2D eigenvalue weighted by Crippen LogP contribution is -2.30. The molecule has 0 bridgehead atoms. The summed E-state index contributed by atoms with van der Waals surface area (Å²) in [5.74, 6) is -0.866. The average Bonchev–Trinajstić information content (AvgIpc) is 3.45. The van der Waals surface area contributed by atoms with Crippen LogP contribution in [0.4, 0.5) is 0 Å². The van der Waals surface area contributed by atoms with Gasteiger partial charge in [-0.2, -0.15) is 0 Å². The van der Waals surface area contributed by atoms with E-state index in [1.807, 2.05) is 0 Å². The Hall–Kier alpha value is -3.41. The molecule has 0 heterocycles. The van der Waals surface area contributed by atoms with Gasteiger partial charge in [0.2, 0.25) is 0 Å². The van der Waals surface area contributed by atoms with Crippen LogP contribution in [0.15, 0.2) is 85.1 Å². The molecule has 0 amide bonds. The van der Waals surface area contributed by atoms with E-state index >= 15 is 0 Å². The molecule has 1 atom stereocenters. The summed E-state index contributed by atoms with van der Waals surface area (Å²) < 4.78 is 16.9. The maximum absolute atomic E-state index is 12.9. The van der Waals surface area contributed by atoms with E-state index in [1.54, 1.807) is 0 Å². The van der Waals surface area contributed by atoms with Crippen LogP contribution in [0.2, 0.25) is 0 Å². The maximum Gasteiger partial charge on any atom is 0.306 e. The lowest BCUT2D eigenvalue weighted by Gasteiger charge is -2.18. The van der Waals surface area contributed by atoms with Crippen molar-refractivity contribution >= 4 is 17.9 Å². The van der Waals surface area contributed by atoms with Gasteiger partial charge in [0.1, 0.15) is 13.2 Å². The summed E-state index contributed by atoms with van der Waals surface area (Å²) in [5, 5.41) is 0. The summed E-state index contributed by atoms with van der Waals surface area (Å²) in [6, 6.07) is 0. The first-order chi connectivity index (χ1) is 39.0. The Morgan fingerprint density at radius 2 is 0.494 bits per heavy atom. The monoisotopic (exact) mass is 1100 g/mol. The zero-order valence-corrected chi connectivity index (χ0v) is 52.4. The summed E-state index contributed by atoms with van der Waals surface area (Å²) in [4.78, 5) is 38.3. The SMILES string of the molecule is CC/C=C\C/C=C\C/C=C\C/C=C\CCCCCCCCCCCCC(=O)OC(COC(=O)CCCCCCCCCCCCC)COC(=O)CCCCCCCCCCCCCC/C=C\C/C=C\C/C=C\CCCCCCC. The van der Waals surface area contributed by atoms with E-state index in [-0.39, 0.29) is 31.1 Å². The van der Waals surface area contributed by atoms with Crippen molar-refractivity contribution in [2.45, 2.75) is 348 Å². The van der Waals surface area contributed by atoms with Crippen LogP contribution >= 0.6 is 0 Å². The third-order valence-electron chi connectivity index (χ3n) is 14.9. The molecular weight excluding hydrogens is 973 g/mol. The first kappa shape index (κ1) is 75.6. The number of hydrogen-bond acceptors (Lipinski definition) is 6. The van der Waals surface area contributed by atoms with E-state index in [9.17, 15) is 14.4 Å². The second kappa shape index (κ2) is 67.1. The normalized spacial score (nSPS) is 12.6. The zero-order valence-electron chi connectivity index (χ0n) is 52.4. The van der Waals surface area contributed by atoms with Crippen LogP contribution in [-0.4, -0.2) is 37.2 Å². The van der Waals surface area contributed by atoms with E-state index in [0.29, 0.717) is 19.3 Å². The fourth-order valence-electron chi connectivity index (χ4n) is 9.80. The summed E-state index contributed by atoms with van der Waals surface area (Å²) in [6.07, 6.45) is 88.9. The fourth-order valence-corrected chi connectivity index (χ4v) is 9.80. The minimum atomic E-state index is -0.779. The lowest BCUT2D eigenvalue weighted by atomic mass is 10.0. The van der Waals surface area contributed by atoms with Crippen LogP contribution in [0.1, 0.15) is 342 Å². The van der Waals surface area contributed by atoms with Crippen molar-refractivity contribution in [3.8, 4) is 0 Å². The van der Waals surface area contributed by atoms with E-state index in [1.165, 1.54) is 205 Å². The molecule has 0 spiro atoms. The van der Waals surface area contributed by atoms with Crippen LogP contribution in [0.3, 0.4) is 0 Å². The van der Waals surface area contributed by atoms with Gasteiger partial charge in [-0.15, -0.1) is 0 Å². The first-order valence-electron chi connectivity index (χ1n) is 34.1. The molecule has 0 rings (SSSR count). The van der Waals surface area contributed by atoms with Gasteiger partial charge in [-0.05, 0) is 96.3 Å². The van der Waals surface area contributed by atoms with Gasteiger partial charge in [-0.1, -0.05) is 311 Å². The number of carbonyl (C=O) groups excluding carboxylic acids is 3. The number of allylic oxidation sites excluding steroid dienone is 14. The molecule has 456 valence electrons. The second-order valence-electron chi connectivity index (χ2n) is 22.7. The molecule has 79 heavy (non-hydrogen) atoms. The van der Waals surface area contributed by atoms with Crippen molar-refractivity contribution in [2.24, 2.45) is 0 Å². The number of rotatable bonds is 62. The Kier molecular flexibility index (Phi) is 64.2. The van der Waals surface area contributed by atoms with Gasteiger partial charge in [0.25, 0.3) is 0 Å². The highest BCUT2D eigenvalue weighted by molar-refractivity contribution is 5.71. The predicted molar refractivity (Wildman–Crippen MR) is 344 cm³/mol. The van der Waals surface area contributed by atoms with Gasteiger partial charge in [0.15, 0.2) is 6.10 Å². The summed E-state index contributed by atoms with van der Waals surface area (Å²) >= 11 is 0. The van der Waals surface area contributed by atoms with Crippen molar-refractivity contribution < 1.29 is 28.6 Å². The van der Waals surface area contributed by atoms with Gasteiger partial charge in [-0.25, -0.2) is 0 Å². The number of ether oxygens (including phenoxy) is 3. The quantitative estimate of drug-likeness (QED) is 0.0261. The van der Waals surface area contributed by atoms with Crippen LogP contribution in [-0.2, 0) is 28.6 Å². The molecule has 6 heteroatoms. The molecule has 0 aliphatic heterocycles. The summed E-state index contributed by atoms with van der Waals surface area (Å²) in [6.45, 7) is 6.54. The van der Waals surface area contributed by atoms with Gasteiger partial charge < -0.3 is 14.2 Å². The van der Waals surface area contributed by atoms with Gasteiger partial charge in [0.05, 0.1) is 0 Å². The molecule has 0 saturated carbocycles. The highest BCUT2D eigenvalue weighted by Crippen LogP contribution is 2.17. The van der Waals surface area contributed by atoms with E-state index in [4.69, 9.17) is 14.2 Å². The molecule has 0 aromatic carbocycles. The predicted octanol–water partition coefficient (Wildman–Crippen LogP) is 23.4. The largest absolute Gasteiger partial charge is 0.462 e. The lowest BCUT2D eigenvalue weighted by molar-refractivity contribution is -0.167. The van der Waals surface area contributed by atoms with E-state index in [0.717, 1.165) is 96.3 Å². The average molecular weight is 1100 g/mol. The number of esters is 3. The minimum absolute atomic E-state index is 0.0752. The molecule has 0 fully saturated rings. The summed E-state index contributed by atoms with van der Waals surface area (Å²) in [7, 11) is 0. The molecule has 0 radical (unpaired) electrons. The van der Waals surface area contributed by atoms with Crippen LogP contribution in [0.25, 0.3) is 0 Å². The molecule has 0 aliphatic carbocycles. The molecule has 0 aromatic heterocycles. The van der Waals surface area contributed by atoms with Crippen molar-refractivity contribution in [2.75, 3.05) is 13.2 Å². The standard InChI is InChI=1S/C73H128O6/c1-4-7-10-13-16-19-22-24-26-28-30-32-34-35-36-37-39-40-42-44-46-48-51-54-57-60-63-66-72(75)78-69-70(68-77-71(74)65-62-59-56-53-50-21-18-15-12-9-6-3)79-73(76)67-64-61-58-55-52-49-47-45-43-41-38-33-31-29-27-25-23-20-17-14-11-8-5-2/h8,11,17,20,22,24-25,27-28,30-31,33-35,70H,4-7,9-10,12-16,18-19,21,23,26,29,32,36-69H2,1-3H3/b11-8-,20-17-,24-22-,27-25-,30-28-,33-31-,35-34-. The smallest absolute Gasteiger partial charge is 0.306 e. The Bertz CT molecular complexity index is 1500. The second-order valence-corrected chi connectivity index (χ2v) is 22.7. The number of hydrogen-bond donors (Lipinski definition) is 0. The third kappa shape index (κ3) is 65.3. The highest BCUT2D eigenvalue weighted by Gasteiger charge is 2.19. The first-order valence-corrected chi connectivity index (χ1v) is 34.1. The van der Waals surface area contributed by atoms with Gasteiger partial charge >= 0.3 is 17.9 Å². The molecule has 0 N–H and O–H groups in total. The van der Waals surface area contributed by atoms with Gasteiger partial charge in [0, 0.05) is 19.3 Å². The zero-order chi connectivity index (χ0) is 57.1. The van der Waals surface area contributed by atoms with Crippen LogP contribution in [0, 0.1) is 0 Å². The van der Waals surface area contributed by atoms with Crippen molar-refractivity contribution in [3.05, 3.63) is 85.1 Å². The Morgan fingerprint density at radius 1 is 0.266 bits per heavy atom. The minimum Gasteiger partial charge on any atom is -0.462 e. The molecule has 0 aromatic rings. The third-order valence-corrected chi connectivity index (χ3v) is 14.9. The van der Waals surface area contributed by atoms with Crippen LogP contribution in [0.5, 0.6) is 0 Å². The van der Waals surface area contributed by atoms with Crippen molar-refractivity contribution in [1.29, 1.82) is 0 Å². The van der Waals surface area contributed by atoms with Gasteiger partial charge in [-0.3, -0.25) is 14.4 Å². The highest BCUT2D eigenvalue weighted by atomic mass is 16.6. The molecule has 0 saturated heterocycles. The number of carbonyl (C=O) groups is 3. The Morgan fingerprint density at radius 3 is 0.772 bits per heavy atom. The fraction of sp³-hybridized carbons (Fsp3) is 0.767. The molecule has 1 unspecified atom stereocenters. The topological polar surface area (TPSA) is 78.9 Å². The Balaban J connectivity index is 4.24. The molecule has 6 nitrogen and oxygen atoms in total. The number of unbranched alkanes of at least 4 members (excludes halogenated alkanes) is 37. The van der Waals surface area contributed by atoms with E-state index in [2.05, 4.69) is 106 Å². The summed E-state index contributed by atoms with van der Waals surface area (Å²) in [5.41, 5.74) is 0. The van der Waals surface area contributed by atoms with Crippen molar-refractivity contribution in [1.82, 2.24) is 0 Å².